The minimum atomic E-state index is -0.606. The molecule has 1 fully saturated rings. The second-order valence-corrected chi connectivity index (χ2v) is 9.90. The van der Waals surface area contributed by atoms with Crippen LogP contribution in [-0.4, -0.2) is 8.80 Å². The molecular weight excluding hydrogens is 300 g/mol. The van der Waals surface area contributed by atoms with Gasteiger partial charge in [0.05, 0.1) is 8.80 Å². The van der Waals surface area contributed by atoms with E-state index in [1.54, 1.807) is 17.3 Å². The van der Waals surface area contributed by atoms with Gasteiger partial charge in [0.1, 0.15) is 0 Å². The maximum Gasteiger partial charge on any atom is 0.0708 e. The lowest BCUT2D eigenvalue weighted by Gasteiger charge is -2.27. The molecule has 2 heteroatoms. The predicted molar refractivity (Wildman–Crippen MR) is 87.4 cm³/mol. The number of halogens is 1. The second kappa shape index (κ2) is 7.49. The normalized spacial score (nSPS) is 24.1. The van der Waals surface area contributed by atoms with Crippen molar-refractivity contribution in [3.05, 3.63) is 28.7 Å². The third kappa shape index (κ3) is 4.24. The summed E-state index contributed by atoms with van der Waals surface area (Å²) in [5.74, 6) is 1.05. The van der Waals surface area contributed by atoms with Gasteiger partial charge in [-0.2, -0.15) is 0 Å². The van der Waals surface area contributed by atoms with E-state index in [4.69, 9.17) is 0 Å². The predicted octanol–water partition coefficient (Wildman–Crippen LogP) is 4.87. The Bertz CT molecular complexity index is 339. The van der Waals surface area contributed by atoms with E-state index in [1.165, 1.54) is 43.0 Å². The number of benzene rings is 1. The van der Waals surface area contributed by atoms with Crippen LogP contribution in [0.4, 0.5) is 0 Å². The van der Waals surface area contributed by atoms with Gasteiger partial charge in [0, 0.05) is 4.47 Å². The van der Waals surface area contributed by atoms with Gasteiger partial charge in [0.25, 0.3) is 0 Å². The summed E-state index contributed by atoms with van der Waals surface area (Å²) in [4.78, 5) is 0. The van der Waals surface area contributed by atoms with Crippen LogP contribution in [-0.2, 0) is 0 Å². The van der Waals surface area contributed by atoms with Crippen LogP contribution in [0.3, 0.4) is 0 Å². The first-order valence-electron chi connectivity index (χ1n) is 7.55. The average Bonchev–Trinajstić information content (AvgIpc) is 2.41. The molecule has 1 aromatic carbocycles. The first kappa shape index (κ1) is 14.3. The van der Waals surface area contributed by atoms with Gasteiger partial charge in [-0.25, -0.2) is 0 Å². The van der Waals surface area contributed by atoms with Gasteiger partial charge >= 0.3 is 0 Å². The standard InChI is InChI=1S/C16H25BrSi/c1-2-3-4-5-14-10-12-18(13-11-14)16-8-6-15(17)7-9-16/h6-9,14,18H,2-5,10-13H2,1H3/t14-,18-. The molecule has 0 saturated carbocycles. The maximum atomic E-state index is 3.53. The molecule has 0 atom stereocenters. The summed E-state index contributed by atoms with van der Waals surface area (Å²) in [6, 6.07) is 12.2. The summed E-state index contributed by atoms with van der Waals surface area (Å²) in [5.41, 5.74) is 0. The van der Waals surface area contributed by atoms with Gasteiger partial charge in [0.2, 0.25) is 0 Å². The molecule has 0 amide bonds. The summed E-state index contributed by atoms with van der Waals surface area (Å²) in [6.07, 6.45) is 8.78. The van der Waals surface area contributed by atoms with Gasteiger partial charge in [-0.1, -0.05) is 90.8 Å². The summed E-state index contributed by atoms with van der Waals surface area (Å²) in [5, 5.41) is 1.69. The Balaban J connectivity index is 1.77. The SMILES string of the molecule is CCCCC[C@H]1CC[Si@H](c2ccc(Br)cc2)CC1. The Kier molecular flexibility index (Phi) is 5.96. The van der Waals surface area contributed by atoms with Gasteiger partial charge in [-0.3, -0.25) is 0 Å². The summed E-state index contributed by atoms with van der Waals surface area (Å²) in [6.45, 7) is 2.30. The van der Waals surface area contributed by atoms with Crippen LogP contribution >= 0.6 is 15.9 Å². The second-order valence-electron chi connectivity index (χ2n) is 5.76. The molecule has 0 unspecified atom stereocenters. The van der Waals surface area contributed by atoms with Gasteiger partial charge in [0.15, 0.2) is 0 Å². The Hall–Kier alpha value is -0.0831. The molecule has 2 rings (SSSR count). The summed E-state index contributed by atoms with van der Waals surface area (Å²) >= 11 is 3.53. The molecule has 18 heavy (non-hydrogen) atoms. The third-order valence-electron chi connectivity index (χ3n) is 4.40. The molecule has 1 aliphatic rings. The lowest BCUT2D eigenvalue weighted by molar-refractivity contribution is 0.418. The first-order chi connectivity index (χ1) is 8.79. The molecule has 0 N–H and O–H groups in total. The van der Waals surface area contributed by atoms with Crippen LogP contribution in [0.1, 0.15) is 45.4 Å². The van der Waals surface area contributed by atoms with Gasteiger partial charge < -0.3 is 0 Å². The third-order valence-corrected chi connectivity index (χ3v) is 8.32. The Morgan fingerprint density at radius 1 is 1.11 bits per heavy atom. The summed E-state index contributed by atoms with van der Waals surface area (Å²) in [7, 11) is -0.606. The van der Waals surface area contributed by atoms with Crippen molar-refractivity contribution in [2.45, 2.75) is 57.5 Å². The van der Waals surface area contributed by atoms with Crippen LogP contribution in [0.2, 0.25) is 12.1 Å². The molecular formula is C16H25BrSi. The maximum absolute atomic E-state index is 3.53. The molecule has 1 saturated heterocycles. The average molecular weight is 325 g/mol. The van der Waals surface area contributed by atoms with Gasteiger partial charge in [-0.15, -0.1) is 0 Å². The van der Waals surface area contributed by atoms with E-state index in [1.807, 2.05) is 0 Å². The van der Waals surface area contributed by atoms with E-state index >= 15 is 0 Å². The van der Waals surface area contributed by atoms with E-state index in [2.05, 4.69) is 47.1 Å². The van der Waals surface area contributed by atoms with Gasteiger partial charge in [-0.05, 0) is 18.1 Å². The molecule has 1 aromatic rings. The highest BCUT2D eigenvalue weighted by molar-refractivity contribution is 9.10. The number of rotatable bonds is 5. The minimum Gasteiger partial charge on any atom is -0.0654 e. The molecule has 100 valence electrons. The fourth-order valence-electron chi connectivity index (χ4n) is 3.20. The van der Waals surface area contributed by atoms with Crippen molar-refractivity contribution in [2.75, 3.05) is 0 Å². The number of unbranched alkanes of at least 4 members (excludes halogenated alkanes) is 2. The lowest BCUT2D eigenvalue weighted by Crippen LogP contribution is -2.33. The molecule has 0 aromatic heterocycles. The fraction of sp³-hybridized carbons (Fsp3) is 0.625. The smallest absolute Gasteiger partial charge is 0.0654 e. The van der Waals surface area contributed by atoms with Crippen LogP contribution in [0.25, 0.3) is 0 Å². The van der Waals surface area contributed by atoms with Crippen molar-refractivity contribution in [1.82, 2.24) is 0 Å². The zero-order valence-corrected chi connectivity index (χ0v) is 14.2. The zero-order chi connectivity index (χ0) is 12.8. The monoisotopic (exact) mass is 324 g/mol. The largest absolute Gasteiger partial charge is 0.0708 e. The molecule has 0 aliphatic carbocycles. The van der Waals surface area contributed by atoms with Crippen LogP contribution in [0.15, 0.2) is 28.7 Å². The van der Waals surface area contributed by atoms with Crippen molar-refractivity contribution in [1.29, 1.82) is 0 Å². The van der Waals surface area contributed by atoms with Crippen LogP contribution in [0, 0.1) is 5.92 Å². The molecule has 0 bridgehead atoms. The molecule has 1 heterocycles. The fourth-order valence-corrected chi connectivity index (χ4v) is 6.91. The topological polar surface area (TPSA) is 0 Å². The Morgan fingerprint density at radius 2 is 1.78 bits per heavy atom. The van der Waals surface area contributed by atoms with Crippen LogP contribution < -0.4 is 5.19 Å². The highest BCUT2D eigenvalue weighted by Gasteiger charge is 2.22. The van der Waals surface area contributed by atoms with E-state index in [-0.39, 0.29) is 0 Å². The highest BCUT2D eigenvalue weighted by atomic mass is 79.9. The molecule has 0 spiro atoms. The first-order valence-corrected chi connectivity index (χ1v) is 10.6. The number of hydrogen-bond acceptors (Lipinski definition) is 0. The Labute approximate surface area is 122 Å². The van der Waals surface area contributed by atoms with Crippen molar-refractivity contribution in [2.24, 2.45) is 5.92 Å². The minimum absolute atomic E-state index is 0.606. The van der Waals surface area contributed by atoms with E-state index in [0.29, 0.717) is 0 Å². The lowest BCUT2D eigenvalue weighted by atomic mass is 9.96. The molecule has 0 radical (unpaired) electrons. The molecule has 1 aliphatic heterocycles. The summed E-state index contributed by atoms with van der Waals surface area (Å²) < 4.78 is 1.22. The van der Waals surface area contributed by atoms with E-state index in [9.17, 15) is 0 Å². The molecule has 0 nitrogen and oxygen atoms in total. The highest BCUT2D eigenvalue weighted by Crippen LogP contribution is 2.29. The van der Waals surface area contributed by atoms with Crippen LogP contribution in [0.5, 0.6) is 0 Å². The number of hydrogen-bond donors (Lipinski definition) is 0. The van der Waals surface area contributed by atoms with Crippen molar-refractivity contribution < 1.29 is 0 Å². The van der Waals surface area contributed by atoms with E-state index in [0.717, 1.165) is 5.92 Å². The Morgan fingerprint density at radius 3 is 2.39 bits per heavy atom. The van der Waals surface area contributed by atoms with E-state index < -0.39 is 8.80 Å². The van der Waals surface area contributed by atoms with Crippen molar-refractivity contribution in [3.63, 3.8) is 0 Å². The quantitative estimate of drug-likeness (QED) is 0.535. The zero-order valence-electron chi connectivity index (χ0n) is 11.5. The van der Waals surface area contributed by atoms with Crippen molar-refractivity contribution >= 4 is 29.9 Å². The van der Waals surface area contributed by atoms with Crippen molar-refractivity contribution in [3.8, 4) is 0 Å².